The van der Waals surface area contributed by atoms with Crippen LogP contribution in [0.25, 0.3) is 94.5 Å². The second-order valence-electron chi connectivity index (χ2n) is 19.8. The molecule has 4 heterocycles. The summed E-state index contributed by atoms with van der Waals surface area (Å²) in [6.45, 7) is 20.1. The second kappa shape index (κ2) is 15.7. The first kappa shape index (κ1) is 42.8. The largest absolute Gasteiger partial charge is 0.507 e. The normalized spacial score (nSPS) is 12.4. The van der Waals surface area contributed by atoms with Gasteiger partial charge in [0, 0.05) is 78.9 Å². The number of furan rings is 1. The van der Waals surface area contributed by atoms with Gasteiger partial charge in [0.2, 0.25) is 0 Å². The van der Waals surface area contributed by atoms with Crippen molar-refractivity contribution in [1.82, 2.24) is 24.5 Å². The van der Waals surface area contributed by atoms with Crippen LogP contribution < -0.4 is 0 Å². The number of fused-ring (bicyclic) bond motifs is 5. The zero-order chi connectivity index (χ0) is 44.0. The molecule has 0 amide bonds. The fraction of sp³-hybridized carbons (Fsp3) is 0.214. The SMILES string of the molecule is CC(C)(C)c1cc(-c2cc(C(C)(C)C)cc3nccnc23)[c-]c(-c2nc3c(-c4cc5c(cc4O)oc4ccccc45)cncc3n2-c2ccc(C(C)(C)C)cc2-c2ccccc2)c1.[Pt]. The minimum Gasteiger partial charge on any atom is -0.507 e. The Hall–Kier alpha value is -6.43. The molecule has 322 valence electrons. The molecular weight excluding hydrogens is 970 g/mol. The summed E-state index contributed by atoms with van der Waals surface area (Å²) in [4.78, 5) is 20.2. The quantitative estimate of drug-likeness (QED) is 0.173. The van der Waals surface area contributed by atoms with Crippen LogP contribution >= 0.6 is 0 Å². The van der Waals surface area contributed by atoms with Crippen LogP contribution in [0.15, 0.2) is 138 Å². The van der Waals surface area contributed by atoms with Gasteiger partial charge in [-0.1, -0.05) is 134 Å². The van der Waals surface area contributed by atoms with E-state index >= 15 is 0 Å². The van der Waals surface area contributed by atoms with Gasteiger partial charge in [-0.3, -0.25) is 19.9 Å². The molecule has 0 saturated heterocycles. The van der Waals surface area contributed by atoms with Gasteiger partial charge in [0.15, 0.2) is 0 Å². The molecule has 8 heteroatoms. The number of nitrogens with zero attached hydrogens (tertiary/aromatic N) is 5. The van der Waals surface area contributed by atoms with Crippen molar-refractivity contribution in [1.29, 1.82) is 0 Å². The second-order valence-corrected chi connectivity index (χ2v) is 19.8. The van der Waals surface area contributed by atoms with Gasteiger partial charge in [-0.15, -0.1) is 29.3 Å². The number of phenols is 1. The van der Waals surface area contributed by atoms with Crippen LogP contribution in [0.1, 0.15) is 79.0 Å². The Morgan fingerprint density at radius 1 is 0.562 bits per heavy atom. The summed E-state index contributed by atoms with van der Waals surface area (Å²) in [5.41, 5.74) is 14.7. The molecule has 0 spiro atoms. The molecule has 7 nitrogen and oxygen atoms in total. The van der Waals surface area contributed by atoms with Crippen molar-refractivity contribution in [3.05, 3.63) is 157 Å². The first-order chi connectivity index (χ1) is 30.0. The summed E-state index contributed by atoms with van der Waals surface area (Å²) < 4.78 is 8.40. The Morgan fingerprint density at radius 3 is 1.98 bits per heavy atom. The summed E-state index contributed by atoms with van der Waals surface area (Å²) in [7, 11) is 0. The predicted molar refractivity (Wildman–Crippen MR) is 258 cm³/mol. The maximum atomic E-state index is 11.8. The van der Waals surface area contributed by atoms with Gasteiger partial charge < -0.3 is 14.1 Å². The number of phenolic OH excluding ortho intramolecular Hbond substituents is 1. The molecule has 0 aliphatic heterocycles. The van der Waals surface area contributed by atoms with Crippen molar-refractivity contribution < 1.29 is 30.6 Å². The first-order valence-corrected chi connectivity index (χ1v) is 21.6. The summed E-state index contributed by atoms with van der Waals surface area (Å²) in [5.74, 6) is 0.783. The van der Waals surface area contributed by atoms with Crippen LogP contribution in [-0.4, -0.2) is 29.6 Å². The number of imidazole rings is 1. The molecule has 0 fully saturated rings. The topological polar surface area (TPSA) is 89.9 Å². The number of benzene rings is 6. The zero-order valence-corrected chi connectivity index (χ0v) is 39.9. The Balaban J connectivity index is 0.00000518. The van der Waals surface area contributed by atoms with E-state index in [1.165, 1.54) is 5.56 Å². The smallest absolute Gasteiger partial charge is 0.139 e. The third-order valence-electron chi connectivity index (χ3n) is 12.2. The van der Waals surface area contributed by atoms with Gasteiger partial charge in [0.25, 0.3) is 0 Å². The molecule has 0 radical (unpaired) electrons. The summed E-state index contributed by atoms with van der Waals surface area (Å²) in [6.07, 6.45) is 7.20. The Bertz CT molecular complexity index is 3420. The number of rotatable bonds is 5. The van der Waals surface area contributed by atoms with E-state index in [0.717, 1.165) is 77.5 Å². The molecule has 10 rings (SSSR count). The van der Waals surface area contributed by atoms with Gasteiger partial charge in [-0.05, 0) is 63.3 Å². The van der Waals surface area contributed by atoms with E-state index in [1.807, 2.05) is 36.5 Å². The van der Waals surface area contributed by atoms with Gasteiger partial charge in [0.05, 0.1) is 34.1 Å². The molecule has 4 aromatic heterocycles. The maximum Gasteiger partial charge on any atom is 0.139 e. The average Bonchev–Trinajstić information content (AvgIpc) is 3.83. The third kappa shape index (κ3) is 7.50. The van der Waals surface area contributed by atoms with Crippen molar-refractivity contribution in [2.24, 2.45) is 0 Å². The van der Waals surface area contributed by atoms with Crippen molar-refractivity contribution in [2.45, 2.75) is 78.6 Å². The zero-order valence-electron chi connectivity index (χ0n) is 37.6. The molecule has 0 unspecified atom stereocenters. The molecule has 1 N–H and O–H groups in total. The molecule has 10 aromatic rings. The number of pyridine rings is 1. The van der Waals surface area contributed by atoms with Gasteiger partial charge in [-0.2, -0.15) is 0 Å². The van der Waals surface area contributed by atoms with E-state index < -0.39 is 0 Å². The van der Waals surface area contributed by atoms with Gasteiger partial charge in [0.1, 0.15) is 16.9 Å². The summed E-state index contributed by atoms with van der Waals surface area (Å²) in [5, 5.41) is 13.6. The molecule has 0 saturated carbocycles. The van der Waals surface area contributed by atoms with Gasteiger partial charge >= 0.3 is 0 Å². The minimum absolute atomic E-state index is 0. The summed E-state index contributed by atoms with van der Waals surface area (Å²) in [6, 6.07) is 41.7. The number of hydrogen-bond donors (Lipinski definition) is 1. The first-order valence-electron chi connectivity index (χ1n) is 21.6. The van der Waals surface area contributed by atoms with E-state index in [1.54, 1.807) is 24.7 Å². The standard InChI is InChI=1S/C56H50N5O2.Pt/c1-54(2,3)36-19-20-46(40(26-36)33-15-11-10-12-16-33)61-47-32-57-31-44(42-29-43-39-17-13-14-18-49(39)63-50(43)30-48(42)62)52(47)60-53(61)35-23-34(24-37(25-35)55(4,5)6)41-27-38(56(7,8)9)28-45-51(41)59-22-21-58-45;/h10-22,24-32,62H,1-9H3;/q-1;. The van der Waals surface area contributed by atoms with Crippen LogP contribution in [0, 0.1) is 6.07 Å². The average molecular weight is 1020 g/mol. The molecule has 64 heavy (non-hydrogen) atoms. The molecule has 0 atom stereocenters. The van der Waals surface area contributed by atoms with Gasteiger partial charge in [-0.25, -0.2) is 0 Å². The van der Waals surface area contributed by atoms with Crippen LogP contribution in [-0.2, 0) is 37.3 Å². The molecule has 0 bridgehead atoms. The molecular formula is C56H50N5O2Pt-. The van der Waals surface area contributed by atoms with Crippen LogP contribution in [0.4, 0.5) is 0 Å². The van der Waals surface area contributed by atoms with Crippen molar-refractivity contribution in [2.75, 3.05) is 0 Å². The van der Waals surface area contributed by atoms with Crippen LogP contribution in [0.2, 0.25) is 0 Å². The van der Waals surface area contributed by atoms with E-state index in [4.69, 9.17) is 24.4 Å². The van der Waals surface area contributed by atoms with Crippen molar-refractivity contribution >= 4 is 44.0 Å². The third-order valence-corrected chi connectivity index (χ3v) is 12.2. The number of hydrogen-bond acceptors (Lipinski definition) is 6. The number of aromatic nitrogens is 5. The monoisotopic (exact) mass is 1020 g/mol. The Labute approximate surface area is 388 Å². The minimum atomic E-state index is -0.233. The number of aromatic hydroxyl groups is 1. The molecule has 0 aliphatic rings. The van der Waals surface area contributed by atoms with Crippen molar-refractivity contribution in [3.8, 4) is 56.2 Å². The maximum absolute atomic E-state index is 11.8. The van der Waals surface area contributed by atoms with Crippen molar-refractivity contribution in [3.63, 3.8) is 0 Å². The Kier molecular flexibility index (Phi) is 10.5. The van der Waals surface area contributed by atoms with Crippen LogP contribution in [0.5, 0.6) is 5.75 Å². The predicted octanol–water partition coefficient (Wildman–Crippen LogP) is 14.3. The van der Waals surface area contributed by atoms with Crippen LogP contribution in [0.3, 0.4) is 0 Å². The fourth-order valence-electron chi connectivity index (χ4n) is 8.62. The number of para-hydroxylation sites is 1. The fourth-order valence-corrected chi connectivity index (χ4v) is 8.62. The molecule has 0 aliphatic carbocycles. The van der Waals surface area contributed by atoms with E-state index in [2.05, 4.69) is 146 Å². The molecule has 6 aromatic carbocycles. The summed E-state index contributed by atoms with van der Waals surface area (Å²) >= 11 is 0. The van der Waals surface area contributed by atoms with E-state index in [9.17, 15) is 5.11 Å². The van der Waals surface area contributed by atoms with E-state index in [-0.39, 0.29) is 43.1 Å². The Morgan fingerprint density at radius 2 is 1.23 bits per heavy atom. The van der Waals surface area contributed by atoms with E-state index in [0.29, 0.717) is 28.1 Å².